The van der Waals surface area contributed by atoms with Crippen LogP contribution in [-0.2, 0) is 14.3 Å². The summed E-state index contributed by atoms with van der Waals surface area (Å²) in [5.41, 5.74) is 0.444. The molecule has 0 spiro atoms. The van der Waals surface area contributed by atoms with Crippen molar-refractivity contribution in [2.75, 3.05) is 6.54 Å². The van der Waals surface area contributed by atoms with Crippen LogP contribution in [0.25, 0.3) is 0 Å². The van der Waals surface area contributed by atoms with Crippen LogP contribution in [-0.4, -0.2) is 42.2 Å². The first-order chi connectivity index (χ1) is 13.8. The first kappa shape index (κ1) is 21.7. The van der Waals surface area contributed by atoms with Crippen molar-refractivity contribution in [3.63, 3.8) is 0 Å². The molecule has 0 aromatic rings. The topological polar surface area (TPSA) is 58.6 Å². The van der Waals surface area contributed by atoms with Gasteiger partial charge in [0.2, 0.25) is 12.3 Å². The maximum atomic E-state index is 12.7. The van der Waals surface area contributed by atoms with Gasteiger partial charge in [-0.05, 0) is 50.2 Å². The van der Waals surface area contributed by atoms with E-state index in [9.17, 15) is 22.8 Å². The van der Waals surface area contributed by atoms with Crippen LogP contribution in [0.3, 0.4) is 0 Å². The number of hydrogen-bond donors (Lipinski definition) is 1. The first-order valence-corrected chi connectivity index (χ1v) is 10.2. The van der Waals surface area contributed by atoms with E-state index in [1.165, 1.54) is 4.90 Å². The number of nitrogens with one attached hydrogen (secondary N) is 1. The summed E-state index contributed by atoms with van der Waals surface area (Å²) in [6.07, 6.45) is 5.18. The molecular formula is C20H24ClF3N2O3. The molecule has 5 nitrogen and oxygen atoms in total. The molecular weight excluding hydrogens is 409 g/mol. The monoisotopic (exact) mass is 432 g/mol. The molecule has 0 saturated carbocycles. The van der Waals surface area contributed by atoms with Gasteiger partial charge in [0.25, 0.3) is 0 Å². The van der Waals surface area contributed by atoms with E-state index in [1.54, 1.807) is 12.2 Å². The van der Waals surface area contributed by atoms with Gasteiger partial charge in [0.05, 0.1) is 0 Å². The number of rotatable bonds is 5. The van der Waals surface area contributed by atoms with Gasteiger partial charge in [0.1, 0.15) is 11.8 Å². The third-order valence-electron chi connectivity index (χ3n) is 5.54. The molecule has 2 aliphatic carbocycles. The molecule has 1 saturated heterocycles. The summed E-state index contributed by atoms with van der Waals surface area (Å²) < 4.78 is 42.4. The molecule has 0 aromatic carbocycles. The summed E-state index contributed by atoms with van der Waals surface area (Å²) in [6, 6.07) is -0.802. The van der Waals surface area contributed by atoms with E-state index < -0.39 is 12.4 Å². The number of carbonyl (C=O) groups is 2. The predicted molar refractivity (Wildman–Crippen MR) is 102 cm³/mol. The molecule has 2 amide bonds. The van der Waals surface area contributed by atoms with Crippen LogP contribution >= 0.6 is 11.6 Å². The Morgan fingerprint density at radius 1 is 1.28 bits per heavy atom. The number of amides is 2. The lowest BCUT2D eigenvalue weighted by Crippen LogP contribution is -2.51. The highest BCUT2D eigenvalue weighted by Crippen LogP contribution is 2.40. The highest BCUT2D eigenvalue weighted by Gasteiger charge is 2.36. The van der Waals surface area contributed by atoms with Crippen molar-refractivity contribution in [1.29, 1.82) is 0 Å². The zero-order chi connectivity index (χ0) is 21.0. The molecule has 0 radical (unpaired) electrons. The number of alkyl halides is 3. The van der Waals surface area contributed by atoms with Gasteiger partial charge in [0.15, 0.2) is 0 Å². The summed E-state index contributed by atoms with van der Waals surface area (Å²) in [4.78, 5) is 25.3. The minimum atomic E-state index is -4.74. The fraction of sp³-hybridized carbons (Fsp3) is 0.600. The largest absolute Gasteiger partial charge is 0.572 e. The molecule has 3 atom stereocenters. The lowest BCUT2D eigenvalue weighted by Gasteiger charge is -2.34. The molecule has 29 heavy (non-hydrogen) atoms. The van der Waals surface area contributed by atoms with Crippen molar-refractivity contribution in [3.8, 4) is 0 Å². The molecule has 1 N–H and O–H groups in total. The Labute approximate surface area is 172 Å². The Morgan fingerprint density at radius 3 is 2.76 bits per heavy atom. The van der Waals surface area contributed by atoms with Crippen LogP contribution in [0, 0.1) is 5.92 Å². The zero-order valence-corrected chi connectivity index (χ0v) is 16.6. The highest BCUT2D eigenvalue weighted by atomic mass is 35.5. The Bertz CT molecular complexity index is 733. The number of allylic oxidation sites excluding steroid dienone is 5. The first-order valence-electron chi connectivity index (χ1n) is 9.82. The van der Waals surface area contributed by atoms with Crippen molar-refractivity contribution < 1.29 is 27.5 Å². The van der Waals surface area contributed by atoms with Crippen LogP contribution in [0.15, 0.2) is 34.6 Å². The molecule has 1 heterocycles. The van der Waals surface area contributed by atoms with Crippen molar-refractivity contribution >= 4 is 23.9 Å². The van der Waals surface area contributed by atoms with Gasteiger partial charge in [-0.3, -0.25) is 9.59 Å². The van der Waals surface area contributed by atoms with Crippen LogP contribution in [0.1, 0.15) is 44.9 Å². The van der Waals surface area contributed by atoms with Crippen molar-refractivity contribution in [1.82, 2.24) is 10.2 Å². The van der Waals surface area contributed by atoms with Gasteiger partial charge >= 0.3 is 6.36 Å². The summed E-state index contributed by atoms with van der Waals surface area (Å²) >= 11 is 6.41. The quantitative estimate of drug-likeness (QED) is 0.664. The van der Waals surface area contributed by atoms with E-state index in [2.05, 4.69) is 10.1 Å². The Hall–Kier alpha value is -1.96. The van der Waals surface area contributed by atoms with Gasteiger partial charge in [-0.15, -0.1) is 13.2 Å². The van der Waals surface area contributed by atoms with E-state index >= 15 is 0 Å². The standard InChI is InChI=1S/C20H24ClF3N2O3/c21-16-11-13(25-19(28)17-6-3-4-10-26(17)12-27)8-9-14(16)15-5-1-2-7-18(15)29-20(22,23)24/h1,5,11-14,17H,2-4,6-10H2,(H,25,28). The minimum absolute atomic E-state index is 0.0946. The average molecular weight is 433 g/mol. The number of halogens is 4. The lowest BCUT2D eigenvalue weighted by molar-refractivity contribution is -0.307. The summed E-state index contributed by atoms with van der Waals surface area (Å²) in [5, 5.41) is 3.30. The molecule has 3 unspecified atom stereocenters. The summed E-state index contributed by atoms with van der Waals surface area (Å²) in [6.45, 7) is 0.563. The summed E-state index contributed by atoms with van der Waals surface area (Å²) in [5.74, 6) is -0.707. The fourth-order valence-corrected chi connectivity index (χ4v) is 4.54. The van der Waals surface area contributed by atoms with Crippen molar-refractivity contribution in [3.05, 3.63) is 34.6 Å². The van der Waals surface area contributed by atoms with Gasteiger partial charge in [-0.25, -0.2) is 0 Å². The highest BCUT2D eigenvalue weighted by molar-refractivity contribution is 6.30. The van der Waals surface area contributed by atoms with Gasteiger partial charge in [0, 0.05) is 30.0 Å². The smallest absolute Gasteiger partial charge is 0.410 e. The number of piperidine rings is 1. The van der Waals surface area contributed by atoms with Gasteiger partial charge in [-0.1, -0.05) is 23.8 Å². The minimum Gasteiger partial charge on any atom is -0.410 e. The van der Waals surface area contributed by atoms with Crippen LogP contribution in [0.5, 0.6) is 0 Å². The Morgan fingerprint density at radius 2 is 2.07 bits per heavy atom. The second-order valence-electron chi connectivity index (χ2n) is 7.52. The van der Waals surface area contributed by atoms with E-state index in [0.717, 1.165) is 12.8 Å². The van der Waals surface area contributed by atoms with E-state index in [1.807, 2.05) is 6.08 Å². The average Bonchev–Trinajstić information content (AvgIpc) is 2.67. The second kappa shape index (κ2) is 9.24. The van der Waals surface area contributed by atoms with E-state index in [4.69, 9.17) is 11.6 Å². The number of nitrogens with zero attached hydrogens (tertiary/aromatic N) is 1. The molecule has 160 valence electrons. The van der Waals surface area contributed by atoms with E-state index in [0.29, 0.717) is 49.2 Å². The Kier molecular flexibility index (Phi) is 6.93. The fourth-order valence-electron chi connectivity index (χ4n) is 4.16. The number of likely N-dealkylation sites (tertiary alicyclic amines) is 1. The number of carbonyl (C=O) groups excluding carboxylic acids is 2. The van der Waals surface area contributed by atoms with Gasteiger partial charge < -0.3 is 15.0 Å². The maximum Gasteiger partial charge on any atom is 0.572 e. The van der Waals surface area contributed by atoms with Crippen LogP contribution < -0.4 is 5.32 Å². The van der Waals surface area contributed by atoms with Crippen molar-refractivity contribution in [2.24, 2.45) is 5.92 Å². The maximum absolute atomic E-state index is 12.7. The molecule has 9 heteroatoms. The van der Waals surface area contributed by atoms with Crippen molar-refractivity contribution in [2.45, 2.75) is 63.4 Å². The zero-order valence-electron chi connectivity index (χ0n) is 15.9. The molecule has 0 bridgehead atoms. The number of ether oxygens (including phenoxy) is 1. The lowest BCUT2D eigenvalue weighted by atomic mass is 9.83. The normalized spacial score (nSPS) is 28.1. The molecule has 1 fully saturated rings. The number of hydrogen-bond acceptors (Lipinski definition) is 3. The van der Waals surface area contributed by atoms with Crippen LogP contribution in [0.4, 0.5) is 13.2 Å². The van der Waals surface area contributed by atoms with Gasteiger partial charge in [-0.2, -0.15) is 0 Å². The summed E-state index contributed by atoms with van der Waals surface area (Å²) in [7, 11) is 0. The second-order valence-corrected chi connectivity index (χ2v) is 7.96. The SMILES string of the molecule is O=CN1CCCCC1C(=O)NC1C=C(Cl)C(C2=C(OC(F)(F)F)CCC=C2)CC1. The molecule has 0 aromatic heterocycles. The molecule has 1 aliphatic heterocycles. The van der Waals surface area contributed by atoms with Crippen LogP contribution in [0.2, 0.25) is 0 Å². The Balaban J connectivity index is 1.69. The third kappa shape index (κ3) is 5.56. The third-order valence-corrected chi connectivity index (χ3v) is 5.93. The molecule has 3 rings (SSSR count). The predicted octanol–water partition coefficient (Wildman–Crippen LogP) is 4.16. The molecule has 3 aliphatic rings. The van der Waals surface area contributed by atoms with E-state index in [-0.39, 0.29) is 30.0 Å².